The van der Waals surface area contributed by atoms with Gasteiger partial charge in [0.1, 0.15) is 0 Å². The summed E-state index contributed by atoms with van der Waals surface area (Å²) in [6.45, 7) is 12.3. The molecule has 7 nitrogen and oxygen atoms in total. The van der Waals surface area contributed by atoms with Crippen molar-refractivity contribution in [3.8, 4) is 0 Å². The molecule has 1 aromatic carbocycles. The second-order valence-corrected chi connectivity index (χ2v) is 8.48. The Hall–Kier alpha value is -2.70. The molecule has 144 valence electrons. The first-order valence-electron chi connectivity index (χ1n) is 9.38. The molecule has 3 aromatic rings. The zero-order chi connectivity index (χ0) is 19.8. The third-order valence-electron chi connectivity index (χ3n) is 4.49. The molecule has 0 spiro atoms. The van der Waals surface area contributed by atoms with Gasteiger partial charge in [-0.2, -0.15) is 4.80 Å². The minimum atomic E-state index is -0.329. The number of rotatable bonds is 5. The van der Waals surface area contributed by atoms with Crippen molar-refractivity contribution >= 4 is 22.5 Å². The van der Waals surface area contributed by atoms with E-state index in [4.69, 9.17) is 0 Å². The highest BCUT2D eigenvalue weighted by Gasteiger charge is 2.29. The molecule has 0 bridgehead atoms. The van der Waals surface area contributed by atoms with Crippen LogP contribution in [0.3, 0.4) is 0 Å². The number of amides is 1. The van der Waals surface area contributed by atoms with Crippen LogP contribution in [0.5, 0.6) is 0 Å². The Morgan fingerprint density at radius 2 is 1.96 bits per heavy atom. The Morgan fingerprint density at radius 3 is 2.59 bits per heavy atom. The van der Waals surface area contributed by atoms with Crippen LogP contribution in [0, 0.1) is 5.92 Å². The maximum absolute atomic E-state index is 13.3. The summed E-state index contributed by atoms with van der Waals surface area (Å²) in [4.78, 5) is 19.8. The normalized spacial score (nSPS) is 13.3. The lowest BCUT2D eigenvalue weighted by Gasteiger charge is -2.29. The molecule has 0 radical (unpaired) electrons. The monoisotopic (exact) mass is 368 g/mol. The van der Waals surface area contributed by atoms with Crippen LogP contribution in [0.4, 0.5) is 5.69 Å². The summed E-state index contributed by atoms with van der Waals surface area (Å²) in [5.74, 6) is 0.354. The van der Waals surface area contributed by atoms with Crippen molar-refractivity contribution in [2.24, 2.45) is 5.92 Å². The van der Waals surface area contributed by atoms with E-state index < -0.39 is 0 Å². The number of tetrazole rings is 1. The van der Waals surface area contributed by atoms with Gasteiger partial charge in [0.2, 0.25) is 0 Å². The standard InChI is InChI=1S/C20H28N6O/c1-13(2)11-14(3)25(16-7-8-17-15(12-16)9-10-21-17)19(27)18-22-24-26(23-18)20(4,5)6/h7-10,12-14,21H,11H2,1-6H3. The third kappa shape index (κ3) is 4.02. The van der Waals surface area contributed by atoms with Crippen LogP contribution in [-0.2, 0) is 5.54 Å². The first kappa shape index (κ1) is 19.1. The predicted molar refractivity (Wildman–Crippen MR) is 107 cm³/mol. The molecule has 1 unspecified atom stereocenters. The van der Waals surface area contributed by atoms with Gasteiger partial charge in [0, 0.05) is 28.8 Å². The number of anilines is 1. The molecule has 27 heavy (non-hydrogen) atoms. The van der Waals surface area contributed by atoms with E-state index in [0.717, 1.165) is 23.0 Å². The van der Waals surface area contributed by atoms with Crippen LogP contribution < -0.4 is 4.90 Å². The molecule has 0 fully saturated rings. The van der Waals surface area contributed by atoms with E-state index in [2.05, 4.69) is 41.2 Å². The Labute approximate surface area is 159 Å². The van der Waals surface area contributed by atoms with Crippen molar-refractivity contribution in [3.05, 3.63) is 36.3 Å². The Kier molecular flexibility index (Phi) is 5.04. The zero-order valence-corrected chi connectivity index (χ0v) is 16.9. The maximum atomic E-state index is 13.3. The number of aromatic nitrogens is 5. The zero-order valence-electron chi connectivity index (χ0n) is 16.9. The fraction of sp³-hybridized carbons (Fsp3) is 0.500. The number of aromatic amines is 1. The third-order valence-corrected chi connectivity index (χ3v) is 4.49. The van der Waals surface area contributed by atoms with Gasteiger partial charge in [-0.3, -0.25) is 4.79 Å². The van der Waals surface area contributed by atoms with Crippen LogP contribution in [0.2, 0.25) is 0 Å². The molecular formula is C20H28N6O. The summed E-state index contributed by atoms with van der Waals surface area (Å²) < 4.78 is 0. The van der Waals surface area contributed by atoms with Crippen LogP contribution >= 0.6 is 0 Å². The quantitative estimate of drug-likeness (QED) is 0.738. The van der Waals surface area contributed by atoms with Gasteiger partial charge >= 0.3 is 0 Å². The minimum Gasteiger partial charge on any atom is -0.361 e. The van der Waals surface area contributed by atoms with Crippen LogP contribution in [0.15, 0.2) is 30.5 Å². The van der Waals surface area contributed by atoms with E-state index in [1.165, 1.54) is 4.80 Å². The molecule has 0 saturated carbocycles. The predicted octanol–water partition coefficient (Wildman–Crippen LogP) is 3.99. The minimum absolute atomic E-state index is 0.00970. The first-order valence-corrected chi connectivity index (χ1v) is 9.38. The van der Waals surface area contributed by atoms with Gasteiger partial charge in [-0.15, -0.1) is 10.2 Å². The Balaban J connectivity index is 2.00. The maximum Gasteiger partial charge on any atom is 0.300 e. The first-order chi connectivity index (χ1) is 12.7. The van der Waals surface area contributed by atoms with Gasteiger partial charge in [0.15, 0.2) is 0 Å². The molecule has 1 N–H and O–H groups in total. The van der Waals surface area contributed by atoms with E-state index in [9.17, 15) is 4.79 Å². The second kappa shape index (κ2) is 7.13. The van der Waals surface area contributed by atoms with Crippen molar-refractivity contribution in [2.75, 3.05) is 4.90 Å². The molecule has 1 amide bonds. The van der Waals surface area contributed by atoms with E-state index in [1.807, 2.05) is 51.2 Å². The molecule has 2 heterocycles. The number of nitrogens with one attached hydrogen (secondary N) is 1. The smallest absolute Gasteiger partial charge is 0.300 e. The summed E-state index contributed by atoms with van der Waals surface area (Å²) in [6, 6.07) is 7.99. The molecule has 0 aliphatic rings. The summed E-state index contributed by atoms with van der Waals surface area (Å²) in [7, 11) is 0. The number of H-pyrrole nitrogens is 1. The Morgan fingerprint density at radius 1 is 1.22 bits per heavy atom. The Bertz CT molecular complexity index is 933. The summed E-state index contributed by atoms with van der Waals surface area (Å²) in [5.41, 5.74) is 1.55. The number of nitrogens with zero attached hydrogens (tertiary/aromatic N) is 5. The van der Waals surface area contributed by atoms with Crippen molar-refractivity contribution in [2.45, 2.75) is 59.5 Å². The van der Waals surface area contributed by atoms with Gasteiger partial charge in [-0.05, 0) is 69.5 Å². The molecule has 2 aromatic heterocycles. The number of benzene rings is 1. The molecule has 0 aliphatic carbocycles. The van der Waals surface area contributed by atoms with Gasteiger partial charge < -0.3 is 9.88 Å². The van der Waals surface area contributed by atoms with Gasteiger partial charge in [0.25, 0.3) is 11.7 Å². The molecule has 0 aliphatic heterocycles. The van der Waals surface area contributed by atoms with E-state index in [-0.39, 0.29) is 23.3 Å². The van der Waals surface area contributed by atoms with Crippen molar-refractivity contribution in [3.63, 3.8) is 0 Å². The summed E-state index contributed by atoms with van der Waals surface area (Å²) >= 11 is 0. The van der Waals surface area contributed by atoms with Crippen molar-refractivity contribution in [1.29, 1.82) is 0 Å². The van der Waals surface area contributed by atoms with Gasteiger partial charge in [0.05, 0.1) is 5.54 Å². The number of fused-ring (bicyclic) bond motifs is 1. The summed E-state index contributed by atoms with van der Waals surface area (Å²) in [5, 5.41) is 13.5. The van der Waals surface area contributed by atoms with Crippen LogP contribution in [0.1, 0.15) is 58.6 Å². The average molecular weight is 368 g/mol. The lowest BCUT2D eigenvalue weighted by molar-refractivity contribution is 0.0965. The molecule has 7 heteroatoms. The van der Waals surface area contributed by atoms with Crippen LogP contribution in [0.25, 0.3) is 10.9 Å². The molecular weight excluding hydrogens is 340 g/mol. The fourth-order valence-electron chi connectivity index (χ4n) is 3.24. The van der Waals surface area contributed by atoms with E-state index in [0.29, 0.717) is 5.92 Å². The van der Waals surface area contributed by atoms with E-state index >= 15 is 0 Å². The topological polar surface area (TPSA) is 79.7 Å². The lowest BCUT2D eigenvalue weighted by atomic mass is 10.0. The lowest BCUT2D eigenvalue weighted by Crippen LogP contribution is -2.40. The fourth-order valence-corrected chi connectivity index (χ4v) is 3.24. The highest BCUT2D eigenvalue weighted by molar-refractivity contribution is 6.04. The van der Waals surface area contributed by atoms with Crippen molar-refractivity contribution in [1.82, 2.24) is 25.2 Å². The number of hydrogen-bond acceptors (Lipinski definition) is 4. The number of hydrogen-bond donors (Lipinski definition) is 1. The number of carbonyl (C=O) groups is 1. The van der Waals surface area contributed by atoms with Gasteiger partial charge in [-0.1, -0.05) is 13.8 Å². The molecule has 1 atom stereocenters. The average Bonchev–Trinajstić information content (AvgIpc) is 3.22. The highest BCUT2D eigenvalue weighted by Crippen LogP contribution is 2.26. The van der Waals surface area contributed by atoms with Crippen LogP contribution in [-0.4, -0.2) is 37.1 Å². The van der Waals surface area contributed by atoms with Gasteiger partial charge in [-0.25, -0.2) is 0 Å². The highest BCUT2D eigenvalue weighted by atomic mass is 16.2. The SMILES string of the molecule is CC(C)CC(C)N(C(=O)c1nnn(C(C)(C)C)n1)c1ccc2[nH]ccc2c1. The molecule has 0 saturated heterocycles. The second-order valence-electron chi connectivity index (χ2n) is 8.48. The molecule has 3 rings (SSSR count). The largest absolute Gasteiger partial charge is 0.361 e. The summed E-state index contributed by atoms with van der Waals surface area (Å²) in [6.07, 6.45) is 2.78. The number of carbonyl (C=O) groups excluding carboxylic acids is 1. The van der Waals surface area contributed by atoms with E-state index in [1.54, 1.807) is 4.90 Å². The van der Waals surface area contributed by atoms with Crippen molar-refractivity contribution < 1.29 is 4.79 Å².